The minimum absolute atomic E-state index is 0.889. The fourth-order valence-corrected chi connectivity index (χ4v) is 2.34. The van der Waals surface area contributed by atoms with E-state index in [4.69, 9.17) is 0 Å². The molecule has 13 heavy (non-hydrogen) atoms. The van der Waals surface area contributed by atoms with Crippen LogP contribution in [0, 0.1) is 0 Å². The molecule has 1 rings (SSSR count). The van der Waals surface area contributed by atoms with Crippen LogP contribution in [0.15, 0.2) is 16.5 Å². The van der Waals surface area contributed by atoms with Crippen LogP contribution < -0.4 is 5.32 Å². The lowest BCUT2D eigenvalue weighted by atomic mass is 10.4. The maximum absolute atomic E-state index is 4.03. The average Bonchev–Trinajstić information content (AvgIpc) is 2.50. The molecule has 5 heteroatoms. The Balaban J connectivity index is 2.44. The predicted octanol–water partition coefficient (Wildman–Crippen LogP) is 2.64. The second-order valence-corrected chi connectivity index (χ2v) is 4.85. The van der Waals surface area contributed by atoms with Gasteiger partial charge in [0.25, 0.3) is 0 Å². The van der Waals surface area contributed by atoms with Crippen LogP contribution in [0.1, 0.15) is 13.8 Å². The van der Waals surface area contributed by atoms with Crippen LogP contribution in [0.5, 0.6) is 0 Å². The molecule has 0 spiro atoms. The number of hydrogen-bond acceptors (Lipinski definition) is 5. The van der Waals surface area contributed by atoms with Crippen molar-refractivity contribution < 1.29 is 0 Å². The van der Waals surface area contributed by atoms with Gasteiger partial charge < -0.3 is 5.32 Å². The van der Waals surface area contributed by atoms with Gasteiger partial charge in [0.15, 0.2) is 4.34 Å². The molecule has 1 N–H and O–H groups in total. The van der Waals surface area contributed by atoms with E-state index in [0.29, 0.717) is 0 Å². The van der Waals surface area contributed by atoms with Crippen LogP contribution in [0.4, 0.5) is 5.13 Å². The highest BCUT2D eigenvalue weighted by molar-refractivity contribution is 8.01. The largest absolute Gasteiger partial charge is 0.360 e. The van der Waals surface area contributed by atoms with Crippen molar-refractivity contribution in [3.8, 4) is 0 Å². The zero-order chi connectivity index (χ0) is 9.68. The van der Waals surface area contributed by atoms with E-state index in [1.807, 2.05) is 13.8 Å². The van der Waals surface area contributed by atoms with Gasteiger partial charge in [-0.2, -0.15) is 0 Å². The fourth-order valence-electron chi connectivity index (χ4n) is 0.676. The molecule has 0 unspecified atom stereocenters. The third kappa shape index (κ3) is 3.78. The van der Waals surface area contributed by atoms with Crippen LogP contribution in [-0.4, -0.2) is 22.5 Å². The second-order valence-electron chi connectivity index (χ2n) is 2.65. The molecule has 0 bridgehead atoms. The molecule has 0 radical (unpaired) electrons. The molecule has 0 aromatic carbocycles. The molecule has 0 amide bonds. The SMILES string of the molecule is C=C(C)CSc1nnc(NCC)s1. The maximum Gasteiger partial charge on any atom is 0.206 e. The van der Waals surface area contributed by atoms with Gasteiger partial charge in [-0.1, -0.05) is 35.3 Å². The van der Waals surface area contributed by atoms with Crippen molar-refractivity contribution in [1.82, 2.24) is 10.2 Å². The van der Waals surface area contributed by atoms with E-state index in [1.54, 1.807) is 23.1 Å². The zero-order valence-electron chi connectivity index (χ0n) is 7.83. The van der Waals surface area contributed by atoms with E-state index in [-0.39, 0.29) is 0 Å². The van der Waals surface area contributed by atoms with Gasteiger partial charge in [-0.25, -0.2) is 0 Å². The number of anilines is 1. The average molecular weight is 215 g/mol. The summed E-state index contributed by atoms with van der Waals surface area (Å²) in [5, 5.41) is 12.0. The first-order valence-electron chi connectivity index (χ1n) is 4.07. The number of hydrogen-bond donors (Lipinski definition) is 1. The molecular weight excluding hydrogens is 202 g/mol. The molecule has 0 atom stereocenters. The lowest BCUT2D eigenvalue weighted by Gasteiger charge is -1.93. The Kier molecular flexibility index (Phi) is 4.24. The Labute approximate surface area is 86.7 Å². The van der Waals surface area contributed by atoms with Crippen molar-refractivity contribution in [1.29, 1.82) is 0 Å². The number of nitrogens with zero attached hydrogens (tertiary/aromatic N) is 2. The van der Waals surface area contributed by atoms with E-state index in [0.717, 1.165) is 27.3 Å². The minimum Gasteiger partial charge on any atom is -0.360 e. The monoisotopic (exact) mass is 215 g/mol. The summed E-state index contributed by atoms with van der Waals surface area (Å²) in [4.78, 5) is 0. The van der Waals surface area contributed by atoms with E-state index < -0.39 is 0 Å². The topological polar surface area (TPSA) is 37.8 Å². The summed E-state index contributed by atoms with van der Waals surface area (Å²) in [5.41, 5.74) is 1.16. The van der Waals surface area contributed by atoms with Crippen molar-refractivity contribution in [2.24, 2.45) is 0 Å². The normalized spacial score (nSPS) is 10.0. The molecule has 0 aliphatic carbocycles. The smallest absolute Gasteiger partial charge is 0.206 e. The molecule has 72 valence electrons. The van der Waals surface area contributed by atoms with Gasteiger partial charge in [-0.3, -0.25) is 0 Å². The summed E-state index contributed by atoms with van der Waals surface area (Å²) < 4.78 is 0.999. The van der Waals surface area contributed by atoms with Gasteiger partial charge in [0.2, 0.25) is 5.13 Å². The Bertz CT molecular complexity index is 283. The summed E-state index contributed by atoms with van der Waals surface area (Å²) in [5.74, 6) is 0.917. The highest BCUT2D eigenvalue weighted by Gasteiger charge is 2.02. The van der Waals surface area contributed by atoms with E-state index in [1.165, 1.54) is 0 Å². The lowest BCUT2D eigenvalue weighted by Crippen LogP contribution is -1.94. The minimum atomic E-state index is 0.889. The van der Waals surface area contributed by atoms with Crippen molar-refractivity contribution in [3.63, 3.8) is 0 Å². The number of aromatic nitrogens is 2. The molecule has 1 heterocycles. The third-order valence-corrected chi connectivity index (χ3v) is 3.42. The number of rotatable bonds is 5. The van der Waals surface area contributed by atoms with Gasteiger partial charge in [-0.05, 0) is 13.8 Å². The molecular formula is C8H13N3S2. The molecule has 0 aliphatic heterocycles. The van der Waals surface area contributed by atoms with Gasteiger partial charge in [0.1, 0.15) is 0 Å². The lowest BCUT2D eigenvalue weighted by molar-refractivity contribution is 1.00. The number of thioether (sulfide) groups is 1. The van der Waals surface area contributed by atoms with Crippen molar-refractivity contribution in [2.75, 3.05) is 17.6 Å². The van der Waals surface area contributed by atoms with Crippen molar-refractivity contribution in [2.45, 2.75) is 18.2 Å². The first kappa shape index (κ1) is 10.5. The summed E-state index contributed by atoms with van der Waals surface area (Å²) in [7, 11) is 0. The van der Waals surface area contributed by atoms with Gasteiger partial charge in [0, 0.05) is 12.3 Å². The van der Waals surface area contributed by atoms with Crippen LogP contribution in [0.2, 0.25) is 0 Å². The highest BCUT2D eigenvalue weighted by Crippen LogP contribution is 2.26. The number of nitrogens with one attached hydrogen (secondary N) is 1. The van der Waals surface area contributed by atoms with Crippen molar-refractivity contribution >= 4 is 28.2 Å². The molecule has 1 aromatic heterocycles. The summed E-state index contributed by atoms with van der Waals surface area (Å²) in [6.07, 6.45) is 0. The summed E-state index contributed by atoms with van der Waals surface area (Å²) >= 11 is 3.27. The maximum atomic E-state index is 4.03. The first-order chi connectivity index (χ1) is 6.22. The standard InChI is InChI=1S/C8H13N3S2/c1-4-9-7-10-11-8(13-7)12-5-6(2)3/h2,4-5H2,1,3H3,(H,9,10). The Hall–Kier alpha value is -0.550. The Morgan fingerprint density at radius 1 is 1.62 bits per heavy atom. The second kappa shape index (κ2) is 5.24. The predicted molar refractivity (Wildman–Crippen MR) is 59.6 cm³/mol. The molecule has 1 aromatic rings. The molecule has 0 saturated carbocycles. The van der Waals surface area contributed by atoms with Crippen molar-refractivity contribution in [3.05, 3.63) is 12.2 Å². The van der Waals surface area contributed by atoms with E-state index >= 15 is 0 Å². The fraction of sp³-hybridized carbons (Fsp3) is 0.500. The van der Waals surface area contributed by atoms with E-state index in [2.05, 4.69) is 22.1 Å². The molecule has 0 saturated heterocycles. The van der Waals surface area contributed by atoms with Crippen LogP contribution in [-0.2, 0) is 0 Å². The molecule has 3 nitrogen and oxygen atoms in total. The summed E-state index contributed by atoms with van der Waals surface area (Å²) in [6, 6.07) is 0. The van der Waals surface area contributed by atoms with Gasteiger partial charge in [-0.15, -0.1) is 10.2 Å². The van der Waals surface area contributed by atoms with E-state index in [9.17, 15) is 0 Å². The van der Waals surface area contributed by atoms with Crippen LogP contribution in [0.3, 0.4) is 0 Å². The quantitative estimate of drug-likeness (QED) is 0.605. The highest BCUT2D eigenvalue weighted by atomic mass is 32.2. The Morgan fingerprint density at radius 3 is 3.00 bits per heavy atom. The molecule has 0 fully saturated rings. The van der Waals surface area contributed by atoms with Gasteiger partial charge >= 0.3 is 0 Å². The van der Waals surface area contributed by atoms with Crippen LogP contribution >= 0.6 is 23.1 Å². The molecule has 0 aliphatic rings. The first-order valence-corrected chi connectivity index (χ1v) is 5.87. The Morgan fingerprint density at radius 2 is 2.38 bits per heavy atom. The third-order valence-electron chi connectivity index (χ3n) is 1.18. The van der Waals surface area contributed by atoms with Gasteiger partial charge in [0.05, 0.1) is 0 Å². The van der Waals surface area contributed by atoms with Crippen LogP contribution in [0.25, 0.3) is 0 Å². The summed E-state index contributed by atoms with van der Waals surface area (Å²) in [6.45, 7) is 8.78. The zero-order valence-corrected chi connectivity index (χ0v) is 9.47.